The van der Waals surface area contributed by atoms with Gasteiger partial charge in [-0.25, -0.2) is 0 Å². The molecular formula is C24H29BrO3. The Morgan fingerprint density at radius 2 is 1.68 bits per heavy atom. The fourth-order valence-corrected chi connectivity index (χ4v) is 6.86. The van der Waals surface area contributed by atoms with Crippen molar-refractivity contribution < 1.29 is 14.2 Å². The summed E-state index contributed by atoms with van der Waals surface area (Å²) in [5.74, 6) is 3.71. The first-order valence-electron chi connectivity index (χ1n) is 10.6. The maximum Gasteiger partial charge on any atom is 0.191 e. The molecule has 2 aromatic rings. The molecule has 150 valence electrons. The topological polar surface area (TPSA) is 27.7 Å². The Balaban J connectivity index is 1.54. The minimum absolute atomic E-state index is 0.219. The van der Waals surface area contributed by atoms with Crippen LogP contribution in [0, 0.1) is 17.8 Å². The standard InChI is InChI=1S/C24H29BrO3/c1-15(26-2)27-14-28-23-10-19-3-4-21(25)8-20(19)9-22(23)24-11-16-5-17(12-24)7-18(6-16)13-24/h3-4,8-10,15-18H,5-7,11-14H2,1-2H3. The predicted molar refractivity (Wildman–Crippen MR) is 115 cm³/mol. The van der Waals surface area contributed by atoms with Crippen LogP contribution in [0.15, 0.2) is 34.8 Å². The van der Waals surface area contributed by atoms with Gasteiger partial charge in [-0.05, 0) is 104 Å². The van der Waals surface area contributed by atoms with Gasteiger partial charge in [0, 0.05) is 17.1 Å². The Morgan fingerprint density at radius 3 is 2.32 bits per heavy atom. The summed E-state index contributed by atoms with van der Waals surface area (Å²) in [5, 5.41) is 2.50. The summed E-state index contributed by atoms with van der Waals surface area (Å²) in [6.07, 6.45) is 8.05. The highest BCUT2D eigenvalue weighted by Gasteiger charge is 2.52. The van der Waals surface area contributed by atoms with Gasteiger partial charge in [0.2, 0.25) is 0 Å². The largest absolute Gasteiger partial charge is 0.467 e. The maximum atomic E-state index is 6.22. The minimum atomic E-state index is -0.264. The molecule has 6 rings (SSSR count). The molecule has 0 aromatic heterocycles. The van der Waals surface area contributed by atoms with Crippen molar-refractivity contribution in [3.05, 3.63) is 40.4 Å². The van der Waals surface area contributed by atoms with E-state index in [0.717, 1.165) is 28.0 Å². The molecular weight excluding hydrogens is 416 g/mol. The zero-order valence-corrected chi connectivity index (χ0v) is 18.3. The lowest BCUT2D eigenvalue weighted by atomic mass is 9.48. The number of benzene rings is 2. The van der Waals surface area contributed by atoms with Crippen molar-refractivity contribution in [3.63, 3.8) is 0 Å². The molecule has 4 heteroatoms. The fraction of sp³-hybridized carbons (Fsp3) is 0.583. The Morgan fingerprint density at radius 1 is 1.00 bits per heavy atom. The lowest BCUT2D eigenvalue weighted by Gasteiger charge is -2.57. The Hall–Kier alpha value is -1.10. The van der Waals surface area contributed by atoms with Gasteiger partial charge in [-0.2, -0.15) is 0 Å². The number of methoxy groups -OCH3 is 1. The number of fused-ring (bicyclic) bond motifs is 1. The van der Waals surface area contributed by atoms with Gasteiger partial charge in [0.15, 0.2) is 13.1 Å². The number of hydrogen-bond donors (Lipinski definition) is 0. The molecule has 4 aliphatic carbocycles. The van der Waals surface area contributed by atoms with E-state index in [-0.39, 0.29) is 18.5 Å². The van der Waals surface area contributed by atoms with Crippen LogP contribution >= 0.6 is 15.9 Å². The Bertz CT molecular complexity index is 842. The molecule has 0 radical (unpaired) electrons. The van der Waals surface area contributed by atoms with Crippen molar-refractivity contribution in [3.8, 4) is 5.75 Å². The predicted octanol–water partition coefficient (Wildman–Crippen LogP) is 6.42. The highest BCUT2D eigenvalue weighted by atomic mass is 79.9. The summed E-state index contributed by atoms with van der Waals surface area (Å²) >= 11 is 3.64. The van der Waals surface area contributed by atoms with Crippen LogP contribution in [0.25, 0.3) is 10.8 Å². The highest BCUT2D eigenvalue weighted by molar-refractivity contribution is 9.10. The molecule has 0 spiro atoms. The number of ether oxygens (including phenoxy) is 3. The quantitative estimate of drug-likeness (QED) is 0.481. The van der Waals surface area contributed by atoms with Crippen molar-refractivity contribution in [1.82, 2.24) is 0 Å². The fourth-order valence-electron chi connectivity index (χ4n) is 6.48. The van der Waals surface area contributed by atoms with Crippen molar-refractivity contribution in [2.75, 3.05) is 13.9 Å². The van der Waals surface area contributed by atoms with Gasteiger partial charge in [-0.3, -0.25) is 0 Å². The third kappa shape index (κ3) is 3.38. The summed E-state index contributed by atoms with van der Waals surface area (Å²) in [6, 6.07) is 11.1. The molecule has 0 heterocycles. The first-order chi connectivity index (χ1) is 13.5. The molecule has 4 bridgehead atoms. The lowest BCUT2D eigenvalue weighted by molar-refractivity contribution is -0.150. The second-order valence-electron chi connectivity index (χ2n) is 9.27. The van der Waals surface area contributed by atoms with Gasteiger partial charge in [-0.15, -0.1) is 0 Å². The zero-order chi connectivity index (χ0) is 19.3. The van der Waals surface area contributed by atoms with Crippen LogP contribution in [0.4, 0.5) is 0 Å². The van der Waals surface area contributed by atoms with E-state index in [2.05, 4.69) is 46.3 Å². The normalized spacial score (nSPS) is 32.0. The SMILES string of the molecule is COC(C)OCOc1cc2ccc(Br)cc2cc1C12CC3CC(CC(C3)C1)C2. The van der Waals surface area contributed by atoms with Gasteiger partial charge in [0.25, 0.3) is 0 Å². The summed E-state index contributed by atoms with van der Waals surface area (Å²) in [7, 11) is 1.65. The second kappa shape index (κ2) is 7.30. The molecule has 1 atom stereocenters. The van der Waals surface area contributed by atoms with Crippen LogP contribution < -0.4 is 4.74 Å². The monoisotopic (exact) mass is 444 g/mol. The molecule has 0 N–H and O–H groups in total. The van der Waals surface area contributed by atoms with Gasteiger partial charge in [0.05, 0.1) is 0 Å². The third-order valence-electron chi connectivity index (χ3n) is 7.36. The van der Waals surface area contributed by atoms with Gasteiger partial charge < -0.3 is 14.2 Å². The molecule has 0 aliphatic heterocycles. The van der Waals surface area contributed by atoms with E-state index >= 15 is 0 Å². The molecule has 4 aliphatic rings. The van der Waals surface area contributed by atoms with E-state index in [1.54, 1.807) is 7.11 Å². The first-order valence-corrected chi connectivity index (χ1v) is 11.3. The molecule has 2 aromatic carbocycles. The number of hydrogen-bond acceptors (Lipinski definition) is 3. The summed E-state index contributed by atoms with van der Waals surface area (Å²) in [6.45, 7) is 2.11. The van der Waals surface area contributed by atoms with E-state index < -0.39 is 0 Å². The van der Waals surface area contributed by atoms with Crippen LogP contribution in [0.3, 0.4) is 0 Å². The number of halogens is 1. The van der Waals surface area contributed by atoms with Gasteiger partial charge in [-0.1, -0.05) is 22.0 Å². The molecule has 0 amide bonds. The molecule has 0 saturated heterocycles. The van der Waals surface area contributed by atoms with Crippen molar-refractivity contribution in [2.24, 2.45) is 17.8 Å². The van der Waals surface area contributed by atoms with E-state index in [4.69, 9.17) is 14.2 Å². The molecule has 4 fully saturated rings. The summed E-state index contributed by atoms with van der Waals surface area (Å²) < 4.78 is 18.2. The average molecular weight is 445 g/mol. The molecule has 1 unspecified atom stereocenters. The summed E-state index contributed by atoms with van der Waals surface area (Å²) in [4.78, 5) is 0. The van der Waals surface area contributed by atoms with Gasteiger partial charge >= 0.3 is 0 Å². The molecule has 28 heavy (non-hydrogen) atoms. The van der Waals surface area contributed by atoms with Crippen molar-refractivity contribution >= 4 is 26.7 Å². The van der Waals surface area contributed by atoms with Gasteiger partial charge in [0.1, 0.15) is 5.75 Å². The van der Waals surface area contributed by atoms with Crippen LogP contribution in [-0.2, 0) is 14.9 Å². The summed E-state index contributed by atoms with van der Waals surface area (Å²) in [5.41, 5.74) is 1.69. The average Bonchev–Trinajstić information content (AvgIpc) is 2.66. The highest BCUT2D eigenvalue weighted by Crippen LogP contribution is 2.62. The van der Waals surface area contributed by atoms with Crippen LogP contribution in [0.5, 0.6) is 5.75 Å². The lowest BCUT2D eigenvalue weighted by Crippen LogP contribution is -2.48. The van der Waals surface area contributed by atoms with Crippen molar-refractivity contribution in [2.45, 2.75) is 57.2 Å². The van der Waals surface area contributed by atoms with Crippen LogP contribution in [0.1, 0.15) is 51.0 Å². The van der Waals surface area contributed by atoms with Crippen molar-refractivity contribution in [1.29, 1.82) is 0 Å². The molecule has 3 nitrogen and oxygen atoms in total. The van der Waals surface area contributed by atoms with Crippen LogP contribution in [0.2, 0.25) is 0 Å². The molecule has 4 saturated carbocycles. The maximum absolute atomic E-state index is 6.22. The van der Waals surface area contributed by atoms with E-state index in [1.807, 2.05) is 6.92 Å². The van der Waals surface area contributed by atoms with E-state index in [9.17, 15) is 0 Å². The minimum Gasteiger partial charge on any atom is -0.467 e. The first kappa shape index (κ1) is 18.9. The second-order valence-corrected chi connectivity index (χ2v) is 10.2. The van der Waals surface area contributed by atoms with Crippen LogP contribution in [-0.4, -0.2) is 20.2 Å². The van der Waals surface area contributed by atoms with E-state index in [0.29, 0.717) is 0 Å². The zero-order valence-electron chi connectivity index (χ0n) is 16.7. The van der Waals surface area contributed by atoms with E-state index in [1.165, 1.54) is 54.9 Å². The Labute approximate surface area is 175 Å². The third-order valence-corrected chi connectivity index (χ3v) is 7.85. The Kier molecular flexibility index (Phi) is 4.93. The number of rotatable bonds is 6. The smallest absolute Gasteiger partial charge is 0.191 e.